The fraction of sp³-hybridized carbons (Fsp3) is 0.0645. The van der Waals surface area contributed by atoms with Crippen molar-refractivity contribution in [3.8, 4) is 45.1 Å². The molecule has 0 spiro atoms. The van der Waals surface area contributed by atoms with Crippen LogP contribution in [0.15, 0.2) is 115 Å². The Kier molecular flexibility index (Phi) is 6.81. The highest BCUT2D eigenvalue weighted by atomic mass is 16.5. The van der Waals surface area contributed by atoms with Crippen LogP contribution in [0.2, 0.25) is 0 Å². The van der Waals surface area contributed by atoms with Crippen LogP contribution >= 0.6 is 0 Å². The van der Waals surface area contributed by atoms with Crippen LogP contribution in [-0.2, 0) is 4.74 Å². The number of esters is 1. The molecule has 5 nitrogen and oxygen atoms in total. The van der Waals surface area contributed by atoms with E-state index in [9.17, 15) is 4.79 Å². The molecule has 0 bridgehead atoms. The summed E-state index contributed by atoms with van der Waals surface area (Å²) in [5.41, 5.74) is 5.26. The molecule has 0 saturated carbocycles. The molecule has 0 unspecified atom stereocenters. The quantitative estimate of drug-likeness (QED) is 0.230. The van der Waals surface area contributed by atoms with Crippen LogP contribution in [-0.4, -0.2) is 22.8 Å². The van der Waals surface area contributed by atoms with Crippen LogP contribution in [0.25, 0.3) is 33.5 Å². The molecule has 5 rings (SSSR count). The lowest BCUT2D eigenvalue weighted by Gasteiger charge is -2.17. The number of rotatable bonds is 7. The van der Waals surface area contributed by atoms with Crippen molar-refractivity contribution in [3.05, 3.63) is 121 Å². The number of carbonyl (C=O) groups is 1. The lowest BCUT2D eigenvalue weighted by atomic mass is 9.95. The minimum absolute atomic E-state index is 0.0967. The first-order valence-corrected chi connectivity index (χ1v) is 11.8. The Bertz CT molecular complexity index is 1450. The van der Waals surface area contributed by atoms with Crippen LogP contribution in [0.5, 0.6) is 11.6 Å². The molecular weight excluding hydrogens is 448 g/mol. The van der Waals surface area contributed by atoms with E-state index in [2.05, 4.69) is 22.3 Å². The van der Waals surface area contributed by atoms with Gasteiger partial charge in [0, 0.05) is 11.1 Å². The molecule has 176 valence electrons. The molecule has 0 amide bonds. The summed E-state index contributed by atoms with van der Waals surface area (Å²) in [7, 11) is 0. The summed E-state index contributed by atoms with van der Waals surface area (Å²) in [4.78, 5) is 13.3. The molecule has 4 aromatic carbocycles. The predicted molar refractivity (Wildman–Crippen MR) is 141 cm³/mol. The SMILES string of the molecule is CCOC(=O)c1c(Oc2ccc(-c3ccccc3)cc2)nnc(-c2ccccc2)c1-c1ccccc1. The normalized spacial score (nSPS) is 10.6. The Morgan fingerprint density at radius 3 is 1.75 bits per heavy atom. The van der Waals surface area contributed by atoms with Gasteiger partial charge in [0.1, 0.15) is 17.0 Å². The Labute approximate surface area is 210 Å². The number of nitrogens with zero attached hydrogens (tertiary/aromatic N) is 2. The first kappa shape index (κ1) is 23.0. The maximum atomic E-state index is 13.3. The van der Waals surface area contributed by atoms with Gasteiger partial charge in [0.05, 0.1) is 6.61 Å². The second-order valence-electron chi connectivity index (χ2n) is 8.05. The van der Waals surface area contributed by atoms with Crippen molar-refractivity contribution in [1.82, 2.24) is 10.2 Å². The largest absolute Gasteiger partial charge is 0.462 e. The number of aromatic nitrogens is 2. The summed E-state index contributed by atoms with van der Waals surface area (Å²) in [6, 6.07) is 37.0. The molecule has 0 saturated heterocycles. The van der Waals surface area contributed by atoms with Gasteiger partial charge < -0.3 is 9.47 Å². The lowest BCUT2D eigenvalue weighted by Crippen LogP contribution is -2.12. The maximum Gasteiger partial charge on any atom is 0.344 e. The van der Waals surface area contributed by atoms with Gasteiger partial charge in [0.2, 0.25) is 0 Å². The predicted octanol–water partition coefficient (Wildman–Crippen LogP) is 7.45. The minimum atomic E-state index is -0.515. The van der Waals surface area contributed by atoms with Crippen LogP contribution in [0.3, 0.4) is 0 Å². The third-order valence-corrected chi connectivity index (χ3v) is 5.71. The smallest absolute Gasteiger partial charge is 0.344 e. The topological polar surface area (TPSA) is 61.3 Å². The van der Waals surface area contributed by atoms with Crippen molar-refractivity contribution in [2.24, 2.45) is 0 Å². The average Bonchev–Trinajstić information content (AvgIpc) is 2.95. The second-order valence-corrected chi connectivity index (χ2v) is 8.05. The number of carbonyl (C=O) groups excluding carboxylic acids is 1. The number of hydrogen-bond acceptors (Lipinski definition) is 5. The standard InChI is InChI=1S/C31H24N2O3/c1-2-35-31(34)28-27(24-14-8-4-9-15-24)29(25-16-10-5-11-17-25)32-33-30(28)36-26-20-18-23(19-21-26)22-12-6-3-7-13-22/h3-21H,2H2,1H3. The summed E-state index contributed by atoms with van der Waals surface area (Å²) < 4.78 is 11.6. The Morgan fingerprint density at radius 2 is 1.17 bits per heavy atom. The first-order valence-electron chi connectivity index (χ1n) is 11.8. The molecule has 1 aromatic heterocycles. The summed E-state index contributed by atoms with van der Waals surface area (Å²) in [5.74, 6) is 0.125. The van der Waals surface area contributed by atoms with Crippen LogP contribution in [0.1, 0.15) is 17.3 Å². The van der Waals surface area contributed by atoms with Gasteiger partial charge in [-0.25, -0.2) is 4.79 Å². The second kappa shape index (κ2) is 10.7. The third kappa shape index (κ3) is 4.86. The molecular formula is C31H24N2O3. The van der Waals surface area contributed by atoms with Crippen molar-refractivity contribution in [2.45, 2.75) is 6.92 Å². The maximum absolute atomic E-state index is 13.3. The fourth-order valence-electron chi connectivity index (χ4n) is 4.03. The van der Waals surface area contributed by atoms with Crippen molar-refractivity contribution >= 4 is 5.97 Å². The number of hydrogen-bond donors (Lipinski definition) is 0. The van der Waals surface area contributed by atoms with E-state index >= 15 is 0 Å². The molecule has 0 radical (unpaired) electrons. The van der Waals surface area contributed by atoms with Gasteiger partial charge in [-0.3, -0.25) is 0 Å². The zero-order valence-electron chi connectivity index (χ0n) is 19.8. The highest BCUT2D eigenvalue weighted by Gasteiger charge is 2.27. The molecule has 0 aliphatic heterocycles. The van der Waals surface area contributed by atoms with Crippen molar-refractivity contribution < 1.29 is 14.3 Å². The number of ether oxygens (including phenoxy) is 2. The Balaban J connectivity index is 1.63. The zero-order chi connectivity index (χ0) is 24.7. The van der Waals surface area contributed by atoms with Crippen molar-refractivity contribution in [2.75, 3.05) is 6.61 Å². The molecule has 5 aromatic rings. The van der Waals surface area contributed by atoms with E-state index in [4.69, 9.17) is 9.47 Å². The average molecular weight is 473 g/mol. The molecule has 1 heterocycles. The highest BCUT2D eigenvalue weighted by molar-refractivity contribution is 6.03. The molecule has 5 heteroatoms. The highest BCUT2D eigenvalue weighted by Crippen LogP contribution is 2.38. The summed E-state index contributed by atoms with van der Waals surface area (Å²) in [6.45, 7) is 2.00. The van der Waals surface area contributed by atoms with Gasteiger partial charge in [0.25, 0.3) is 5.88 Å². The van der Waals surface area contributed by atoms with Gasteiger partial charge >= 0.3 is 5.97 Å². The van der Waals surface area contributed by atoms with Gasteiger partial charge in [-0.1, -0.05) is 103 Å². The fourth-order valence-corrected chi connectivity index (χ4v) is 4.03. The molecule has 0 N–H and O–H groups in total. The molecule has 0 aliphatic rings. The van der Waals surface area contributed by atoms with E-state index in [-0.39, 0.29) is 18.1 Å². The summed E-state index contributed by atoms with van der Waals surface area (Å²) in [5, 5.41) is 8.85. The van der Waals surface area contributed by atoms with E-state index in [0.29, 0.717) is 17.0 Å². The van der Waals surface area contributed by atoms with Crippen molar-refractivity contribution in [3.63, 3.8) is 0 Å². The van der Waals surface area contributed by atoms with Gasteiger partial charge in [-0.2, -0.15) is 0 Å². The first-order chi connectivity index (χ1) is 17.7. The third-order valence-electron chi connectivity index (χ3n) is 5.71. The zero-order valence-corrected chi connectivity index (χ0v) is 19.8. The lowest BCUT2D eigenvalue weighted by molar-refractivity contribution is 0.0523. The number of benzene rings is 4. The Morgan fingerprint density at radius 1 is 0.639 bits per heavy atom. The van der Waals surface area contributed by atoms with E-state index in [1.54, 1.807) is 6.92 Å². The van der Waals surface area contributed by atoms with E-state index in [0.717, 1.165) is 22.3 Å². The molecule has 0 fully saturated rings. The Hall–Kier alpha value is -4.77. The van der Waals surface area contributed by atoms with Gasteiger partial charge in [-0.15, -0.1) is 10.2 Å². The van der Waals surface area contributed by atoms with E-state index < -0.39 is 5.97 Å². The molecule has 0 aliphatic carbocycles. The van der Waals surface area contributed by atoms with Crippen LogP contribution in [0.4, 0.5) is 0 Å². The molecule has 36 heavy (non-hydrogen) atoms. The van der Waals surface area contributed by atoms with Crippen LogP contribution < -0.4 is 4.74 Å². The summed E-state index contributed by atoms with van der Waals surface area (Å²) in [6.07, 6.45) is 0. The minimum Gasteiger partial charge on any atom is -0.462 e. The van der Waals surface area contributed by atoms with Gasteiger partial charge in [-0.05, 0) is 35.7 Å². The monoisotopic (exact) mass is 472 g/mol. The summed E-state index contributed by atoms with van der Waals surface area (Å²) >= 11 is 0. The van der Waals surface area contributed by atoms with Gasteiger partial charge in [0.15, 0.2) is 0 Å². The van der Waals surface area contributed by atoms with E-state index in [1.165, 1.54) is 0 Å². The van der Waals surface area contributed by atoms with E-state index in [1.807, 2.05) is 103 Å². The van der Waals surface area contributed by atoms with Crippen molar-refractivity contribution in [1.29, 1.82) is 0 Å². The molecule has 0 atom stereocenters. The van der Waals surface area contributed by atoms with Crippen LogP contribution in [0, 0.1) is 0 Å².